The Bertz CT molecular complexity index is 659. The summed E-state index contributed by atoms with van der Waals surface area (Å²) in [7, 11) is 0. The summed E-state index contributed by atoms with van der Waals surface area (Å²) in [4.78, 5) is 22.5. The fraction of sp³-hybridized carbons (Fsp3) is 0.143. The molecule has 0 aliphatic heterocycles. The molecule has 1 aromatic carbocycles. The standard InChI is InChI=1S/C14H12O5S/c1-8-2-3-9(13(15)16)6-12(8)20-7-10-4-5-11(19-10)14(17)18/h2-6H,7H2,1H3,(H,15,16)(H,17,18). The van der Waals surface area contributed by atoms with Gasteiger partial charge in [0.25, 0.3) is 0 Å². The van der Waals surface area contributed by atoms with Gasteiger partial charge in [-0.05, 0) is 36.8 Å². The lowest BCUT2D eigenvalue weighted by molar-refractivity contribution is 0.0658. The van der Waals surface area contributed by atoms with Gasteiger partial charge in [-0.2, -0.15) is 0 Å². The zero-order chi connectivity index (χ0) is 14.7. The van der Waals surface area contributed by atoms with E-state index in [0.717, 1.165) is 10.5 Å². The van der Waals surface area contributed by atoms with Crippen molar-refractivity contribution in [3.8, 4) is 0 Å². The SMILES string of the molecule is Cc1ccc(C(=O)O)cc1SCc1ccc(C(=O)O)o1. The van der Waals surface area contributed by atoms with Gasteiger partial charge >= 0.3 is 11.9 Å². The molecule has 0 unspecified atom stereocenters. The second-order valence-corrected chi connectivity index (χ2v) is 5.16. The van der Waals surface area contributed by atoms with Gasteiger partial charge in [-0.25, -0.2) is 9.59 Å². The molecule has 6 heteroatoms. The van der Waals surface area contributed by atoms with E-state index in [9.17, 15) is 9.59 Å². The monoisotopic (exact) mass is 292 g/mol. The van der Waals surface area contributed by atoms with Gasteiger partial charge in [0.05, 0.1) is 11.3 Å². The van der Waals surface area contributed by atoms with Crippen molar-refractivity contribution in [1.82, 2.24) is 0 Å². The molecule has 0 aliphatic rings. The van der Waals surface area contributed by atoms with E-state index in [2.05, 4.69) is 0 Å². The van der Waals surface area contributed by atoms with Crippen LogP contribution in [0.4, 0.5) is 0 Å². The molecule has 0 amide bonds. The molecule has 0 saturated heterocycles. The van der Waals surface area contributed by atoms with E-state index in [1.165, 1.54) is 17.8 Å². The van der Waals surface area contributed by atoms with Crippen LogP contribution < -0.4 is 0 Å². The maximum absolute atomic E-state index is 10.9. The van der Waals surface area contributed by atoms with Crippen LogP contribution in [0.1, 0.15) is 32.2 Å². The number of rotatable bonds is 5. The predicted molar refractivity (Wildman–Crippen MR) is 73.4 cm³/mol. The zero-order valence-corrected chi connectivity index (χ0v) is 11.4. The van der Waals surface area contributed by atoms with Crippen molar-refractivity contribution in [3.05, 3.63) is 53.0 Å². The van der Waals surface area contributed by atoms with Gasteiger partial charge in [-0.3, -0.25) is 0 Å². The van der Waals surface area contributed by atoms with Crippen LogP contribution in [0.3, 0.4) is 0 Å². The summed E-state index contributed by atoms with van der Waals surface area (Å²) in [5, 5.41) is 17.7. The van der Waals surface area contributed by atoms with Gasteiger partial charge in [-0.15, -0.1) is 11.8 Å². The van der Waals surface area contributed by atoms with Crippen molar-refractivity contribution < 1.29 is 24.2 Å². The third kappa shape index (κ3) is 3.21. The van der Waals surface area contributed by atoms with Crippen molar-refractivity contribution >= 4 is 23.7 Å². The van der Waals surface area contributed by atoms with E-state index in [1.54, 1.807) is 24.3 Å². The first-order valence-corrected chi connectivity index (χ1v) is 6.74. The normalized spacial score (nSPS) is 10.4. The van der Waals surface area contributed by atoms with E-state index in [1.807, 2.05) is 6.92 Å². The number of furan rings is 1. The van der Waals surface area contributed by atoms with Crippen molar-refractivity contribution in [3.63, 3.8) is 0 Å². The highest BCUT2D eigenvalue weighted by Gasteiger charge is 2.11. The molecule has 0 spiro atoms. The van der Waals surface area contributed by atoms with Crippen molar-refractivity contribution in [1.29, 1.82) is 0 Å². The highest BCUT2D eigenvalue weighted by atomic mass is 32.2. The van der Waals surface area contributed by atoms with Crippen LogP contribution in [0.2, 0.25) is 0 Å². The Morgan fingerprint density at radius 2 is 1.90 bits per heavy atom. The van der Waals surface area contributed by atoms with Crippen molar-refractivity contribution in [2.45, 2.75) is 17.6 Å². The average Bonchev–Trinajstić information content (AvgIpc) is 2.86. The Kier molecular flexibility index (Phi) is 4.14. The van der Waals surface area contributed by atoms with E-state index in [-0.39, 0.29) is 11.3 Å². The van der Waals surface area contributed by atoms with Crippen molar-refractivity contribution in [2.75, 3.05) is 0 Å². The first-order chi connectivity index (χ1) is 9.47. The molecule has 20 heavy (non-hydrogen) atoms. The lowest BCUT2D eigenvalue weighted by Crippen LogP contribution is -1.96. The molecule has 2 rings (SSSR count). The highest BCUT2D eigenvalue weighted by Crippen LogP contribution is 2.27. The summed E-state index contributed by atoms with van der Waals surface area (Å²) in [6, 6.07) is 7.91. The quantitative estimate of drug-likeness (QED) is 0.822. The maximum Gasteiger partial charge on any atom is 0.371 e. The summed E-state index contributed by atoms with van der Waals surface area (Å²) in [6.45, 7) is 1.89. The van der Waals surface area contributed by atoms with Crippen molar-refractivity contribution in [2.24, 2.45) is 0 Å². The Morgan fingerprint density at radius 1 is 1.15 bits per heavy atom. The van der Waals surface area contributed by atoms with Crippen LogP contribution >= 0.6 is 11.8 Å². The van der Waals surface area contributed by atoms with E-state index < -0.39 is 11.9 Å². The van der Waals surface area contributed by atoms with Gasteiger partial charge in [0, 0.05) is 4.90 Å². The van der Waals surface area contributed by atoms with Crippen LogP contribution in [0.5, 0.6) is 0 Å². The second kappa shape index (κ2) is 5.83. The largest absolute Gasteiger partial charge is 0.478 e. The average molecular weight is 292 g/mol. The molecule has 2 N–H and O–H groups in total. The number of carboxylic acid groups (broad SMARTS) is 2. The Labute approximate surface area is 119 Å². The smallest absolute Gasteiger partial charge is 0.371 e. The molecule has 5 nitrogen and oxygen atoms in total. The van der Waals surface area contributed by atoms with Gasteiger partial charge in [0.1, 0.15) is 5.76 Å². The van der Waals surface area contributed by atoms with Gasteiger partial charge in [0.15, 0.2) is 0 Å². The molecule has 0 fully saturated rings. The first kappa shape index (κ1) is 14.2. The molecular weight excluding hydrogens is 280 g/mol. The number of hydrogen-bond acceptors (Lipinski definition) is 4. The Morgan fingerprint density at radius 3 is 2.50 bits per heavy atom. The molecule has 1 aromatic heterocycles. The molecule has 2 aromatic rings. The predicted octanol–water partition coefficient (Wildman–Crippen LogP) is 3.28. The molecule has 1 heterocycles. The van der Waals surface area contributed by atoms with Crippen LogP contribution in [0, 0.1) is 6.92 Å². The van der Waals surface area contributed by atoms with Crippen LogP contribution in [0.25, 0.3) is 0 Å². The van der Waals surface area contributed by atoms with Crippen LogP contribution in [0.15, 0.2) is 39.6 Å². The molecular formula is C14H12O5S. The third-order valence-electron chi connectivity index (χ3n) is 2.68. The molecule has 0 radical (unpaired) electrons. The summed E-state index contributed by atoms with van der Waals surface area (Å²) >= 11 is 1.41. The number of benzene rings is 1. The highest BCUT2D eigenvalue weighted by molar-refractivity contribution is 7.98. The summed E-state index contributed by atoms with van der Waals surface area (Å²) in [5.41, 5.74) is 1.19. The van der Waals surface area contributed by atoms with Crippen LogP contribution in [-0.4, -0.2) is 22.2 Å². The molecule has 0 aliphatic carbocycles. The lowest BCUT2D eigenvalue weighted by atomic mass is 10.1. The number of carbonyl (C=O) groups is 2. The fourth-order valence-electron chi connectivity index (χ4n) is 1.61. The topological polar surface area (TPSA) is 87.7 Å². The maximum atomic E-state index is 10.9. The third-order valence-corrected chi connectivity index (χ3v) is 3.86. The minimum Gasteiger partial charge on any atom is -0.478 e. The minimum absolute atomic E-state index is 0.100. The van der Waals surface area contributed by atoms with E-state index in [0.29, 0.717) is 11.5 Å². The van der Waals surface area contributed by atoms with Gasteiger partial charge in [-0.1, -0.05) is 6.07 Å². The molecule has 0 bridgehead atoms. The lowest BCUT2D eigenvalue weighted by Gasteiger charge is -2.05. The molecule has 0 saturated carbocycles. The van der Waals surface area contributed by atoms with E-state index in [4.69, 9.17) is 14.6 Å². The summed E-state index contributed by atoms with van der Waals surface area (Å²) in [5.74, 6) is -1.20. The number of thioether (sulfide) groups is 1. The van der Waals surface area contributed by atoms with Crippen LogP contribution in [-0.2, 0) is 5.75 Å². The van der Waals surface area contributed by atoms with Gasteiger partial charge < -0.3 is 14.6 Å². The van der Waals surface area contributed by atoms with E-state index >= 15 is 0 Å². The zero-order valence-electron chi connectivity index (χ0n) is 10.6. The number of aromatic carboxylic acids is 2. The minimum atomic E-state index is -1.11. The second-order valence-electron chi connectivity index (χ2n) is 4.15. The molecule has 0 atom stereocenters. The Balaban J connectivity index is 2.11. The van der Waals surface area contributed by atoms with Gasteiger partial charge in [0.2, 0.25) is 5.76 Å². The summed E-state index contributed by atoms with van der Waals surface area (Å²) in [6.07, 6.45) is 0. The number of aryl methyl sites for hydroxylation is 1. The summed E-state index contributed by atoms with van der Waals surface area (Å²) < 4.78 is 5.15. The Hall–Kier alpha value is -2.21. The number of hydrogen-bond donors (Lipinski definition) is 2. The molecule has 104 valence electrons. The fourth-order valence-corrected chi connectivity index (χ4v) is 2.57. The number of carboxylic acids is 2. The first-order valence-electron chi connectivity index (χ1n) is 5.76.